The Labute approximate surface area is 108 Å². The van der Waals surface area contributed by atoms with Gasteiger partial charge in [0.25, 0.3) is 0 Å². The summed E-state index contributed by atoms with van der Waals surface area (Å²) >= 11 is 0. The van der Waals surface area contributed by atoms with Gasteiger partial charge in [0.05, 0.1) is 6.61 Å². The van der Waals surface area contributed by atoms with Crippen molar-refractivity contribution < 1.29 is 9.50 Å². The van der Waals surface area contributed by atoms with Crippen LogP contribution in [0, 0.1) is 11.7 Å². The maximum absolute atomic E-state index is 13.5. The van der Waals surface area contributed by atoms with Crippen LogP contribution in [0.2, 0.25) is 0 Å². The lowest BCUT2D eigenvalue weighted by Crippen LogP contribution is -2.51. The van der Waals surface area contributed by atoms with E-state index in [1.807, 2.05) is 6.07 Å². The number of nitrogens with one attached hydrogen (secondary N) is 1. The predicted octanol–water partition coefficient (Wildman–Crippen LogP) is 2.86. The molecule has 1 aliphatic rings. The molecule has 2 nitrogen and oxygen atoms in total. The van der Waals surface area contributed by atoms with Crippen LogP contribution in [-0.4, -0.2) is 17.3 Å². The molecule has 100 valence electrons. The maximum atomic E-state index is 13.5. The second-order valence-electron chi connectivity index (χ2n) is 5.58. The Morgan fingerprint density at radius 3 is 2.89 bits per heavy atom. The SMILES string of the molecule is CC1CCCC(CO)(NCc2ccccc2F)C1. The topological polar surface area (TPSA) is 32.3 Å². The van der Waals surface area contributed by atoms with E-state index in [0.29, 0.717) is 18.0 Å². The first-order valence-electron chi connectivity index (χ1n) is 6.74. The fraction of sp³-hybridized carbons (Fsp3) is 0.600. The molecule has 0 saturated heterocycles. The zero-order valence-electron chi connectivity index (χ0n) is 11.0. The number of hydrogen-bond donors (Lipinski definition) is 2. The molecule has 1 aromatic carbocycles. The number of aliphatic hydroxyl groups excluding tert-OH is 1. The first-order chi connectivity index (χ1) is 8.65. The number of rotatable bonds is 4. The minimum absolute atomic E-state index is 0.131. The van der Waals surface area contributed by atoms with Crippen molar-refractivity contribution >= 4 is 0 Å². The highest BCUT2D eigenvalue weighted by atomic mass is 19.1. The van der Waals surface area contributed by atoms with Crippen LogP contribution >= 0.6 is 0 Å². The average Bonchev–Trinajstić information content (AvgIpc) is 2.38. The number of halogens is 1. The summed E-state index contributed by atoms with van der Waals surface area (Å²) in [5.41, 5.74) is 0.448. The Balaban J connectivity index is 2.01. The van der Waals surface area contributed by atoms with E-state index < -0.39 is 0 Å². The van der Waals surface area contributed by atoms with Gasteiger partial charge in [0.15, 0.2) is 0 Å². The van der Waals surface area contributed by atoms with Crippen LogP contribution < -0.4 is 5.32 Å². The van der Waals surface area contributed by atoms with Crippen LogP contribution in [0.4, 0.5) is 4.39 Å². The van der Waals surface area contributed by atoms with Crippen LogP contribution in [0.5, 0.6) is 0 Å². The van der Waals surface area contributed by atoms with Gasteiger partial charge in [-0.2, -0.15) is 0 Å². The van der Waals surface area contributed by atoms with Gasteiger partial charge in [-0.15, -0.1) is 0 Å². The molecule has 0 aromatic heterocycles. The summed E-state index contributed by atoms with van der Waals surface area (Å²) in [6.45, 7) is 2.83. The van der Waals surface area contributed by atoms with E-state index >= 15 is 0 Å². The highest BCUT2D eigenvalue weighted by Gasteiger charge is 2.33. The zero-order chi connectivity index (χ0) is 13.0. The predicted molar refractivity (Wildman–Crippen MR) is 70.7 cm³/mol. The molecule has 0 radical (unpaired) electrons. The third-order valence-corrected chi connectivity index (χ3v) is 4.01. The van der Waals surface area contributed by atoms with Crippen molar-refractivity contribution in [1.82, 2.24) is 5.32 Å². The molecule has 0 spiro atoms. The number of benzene rings is 1. The van der Waals surface area contributed by atoms with Crippen LogP contribution in [0.3, 0.4) is 0 Å². The van der Waals surface area contributed by atoms with Gasteiger partial charge in [-0.25, -0.2) is 4.39 Å². The van der Waals surface area contributed by atoms with E-state index in [4.69, 9.17) is 0 Å². The van der Waals surface area contributed by atoms with Gasteiger partial charge in [-0.3, -0.25) is 0 Å². The standard InChI is InChI=1S/C15H22FNO/c1-12-5-4-8-15(9-12,11-18)17-10-13-6-2-3-7-14(13)16/h2-3,6-7,12,17-18H,4-5,8-11H2,1H3. The Kier molecular flexibility index (Phi) is 4.36. The van der Waals surface area contributed by atoms with Crippen molar-refractivity contribution in [3.8, 4) is 0 Å². The lowest BCUT2D eigenvalue weighted by Gasteiger charge is -2.39. The lowest BCUT2D eigenvalue weighted by atomic mass is 9.77. The quantitative estimate of drug-likeness (QED) is 0.862. The zero-order valence-corrected chi connectivity index (χ0v) is 11.0. The molecule has 2 unspecified atom stereocenters. The first-order valence-corrected chi connectivity index (χ1v) is 6.74. The minimum atomic E-state index is -0.222. The van der Waals surface area contributed by atoms with Crippen molar-refractivity contribution in [3.63, 3.8) is 0 Å². The lowest BCUT2D eigenvalue weighted by molar-refractivity contribution is 0.0979. The highest BCUT2D eigenvalue weighted by Crippen LogP contribution is 2.32. The maximum Gasteiger partial charge on any atom is 0.127 e. The molecule has 2 atom stereocenters. The fourth-order valence-electron chi connectivity index (χ4n) is 2.94. The molecule has 18 heavy (non-hydrogen) atoms. The molecule has 0 bridgehead atoms. The summed E-state index contributed by atoms with van der Waals surface area (Å²) in [6, 6.07) is 6.81. The van der Waals surface area contributed by atoms with Crippen molar-refractivity contribution in [2.75, 3.05) is 6.61 Å². The van der Waals surface area contributed by atoms with Gasteiger partial charge in [0, 0.05) is 17.6 Å². The van der Waals surface area contributed by atoms with Gasteiger partial charge in [0.2, 0.25) is 0 Å². The summed E-state index contributed by atoms with van der Waals surface area (Å²) in [6.07, 6.45) is 4.30. The Morgan fingerprint density at radius 2 is 2.22 bits per heavy atom. The number of aliphatic hydroxyl groups is 1. The van der Waals surface area contributed by atoms with E-state index in [0.717, 1.165) is 19.3 Å². The Hall–Kier alpha value is -0.930. The van der Waals surface area contributed by atoms with Gasteiger partial charge < -0.3 is 10.4 Å². The van der Waals surface area contributed by atoms with Crippen molar-refractivity contribution in [1.29, 1.82) is 0 Å². The Morgan fingerprint density at radius 1 is 1.44 bits per heavy atom. The fourth-order valence-corrected chi connectivity index (χ4v) is 2.94. The van der Waals surface area contributed by atoms with E-state index in [9.17, 15) is 9.50 Å². The summed E-state index contributed by atoms with van der Waals surface area (Å²) < 4.78 is 13.5. The molecule has 2 rings (SSSR count). The summed E-state index contributed by atoms with van der Waals surface area (Å²) in [4.78, 5) is 0. The second-order valence-corrected chi connectivity index (χ2v) is 5.58. The van der Waals surface area contributed by atoms with Crippen molar-refractivity contribution in [3.05, 3.63) is 35.6 Å². The molecular weight excluding hydrogens is 229 g/mol. The largest absolute Gasteiger partial charge is 0.394 e. The highest BCUT2D eigenvalue weighted by molar-refractivity contribution is 5.17. The molecular formula is C15H22FNO. The Bertz CT molecular complexity index is 396. The average molecular weight is 251 g/mol. The summed E-state index contributed by atoms with van der Waals surface area (Å²) in [7, 11) is 0. The molecule has 0 heterocycles. The van der Waals surface area contributed by atoms with Crippen molar-refractivity contribution in [2.24, 2.45) is 5.92 Å². The second kappa shape index (κ2) is 5.81. The van der Waals surface area contributed by atoms with Crippen LogP contribution in [0.25, 0.3) is 0 Å². The summed E-state index contributed by atoms with van der Waals surface area (Å²) in [5.74, 6) is 0.445. The number of hydrogen-bond acceptors (Lipinski definition) is 2. The van der Waals surface area contributed by atoms with Crippen LogP contribution in [0.15, 0.2) is 24.3 Å². The van der Waals surface area contributed by atoms with E-state index in [1.54, 1.807) is 12.1 Å². The van der Waals surface area contributed by atoms with Crippen LogP contribution in [0.1, 0.15) is 38.2 Å². The van der Waals surface area contributed by atoms with Crippen molar-refractivity contribution in [2.45, 2.75) is 44.7 Å². The normalized spacial score (nSPS) is 28.3. The van der Waals surface area contributed by atoms with Gasteiger partial charge in [0.1, 0.15) is 5.82 Å². The molecule has 1 fully saturated rings. The van der Waals surface area contributed by atoms with E-state index in [1.165, 1.54) is 12.5 Å². The molecule has 2 N–H and O–H groups in total. The smallest absolute Gasteiger partial charge is 0.127 e. The molecule has 1 aliphatic carbocycles. The minimum Gasteiger partial charge on any atom is -0.394 e. The summed E-state index contributed by atoms with van der Waals surface area (Å²) in [5, 5.41) is 13.0. The van der Waals surface area contributed by atoms with E-state index in [2.05, 4.69) is 12.2 Å². The molecule has 1 aromatic rings. The van der Waals surface area contributed by atoms with Gasteiger partial charge in [-0.1, -0.05) is 38.0 Å². The third-order valence-electron chi connectivity index (χ3n) is 4.01. The van der Waals surface area contributed by atoms with Gasteiger partial charge in [-0.05, 0) is 24.8 Å². The third kappa shape index (κ3) is 3.09. The molecule has 1 saturated carbocycles. The van der Waals surface area contributed by atoms with Gasteiger partial charge >= 0.3 is 0 Å². The van der Waals surface area contributed by atoms with Crippen LogP contribution in [-0.2, 0) is 6.54 Å². The molecule has 3 heteroatoms. The van der Waals surface area contributed by atoms with E-state index in [-0.39, 0.29) is 18.0 Å². The molecule has 0 aliphatic heterocycles. The molecule has 0 amide bonds. The first kappa shape index (κ1) is 13.5. The monoisotopic (exact) mass is 251 g/mol.